The lowest BCUT2D eigenvalue weighted by atomic mass is 10.1. The fourth-order valence-corrected chi connectivity index (χ4v) is 2.09. The average Bonchev–Trinajstić information content (AvgIpc) is 2.41. The topological polar surface area (TPSA) is 38.9 Å². The number of aryl methyl sites for hydroxylation is 1. The molecule has 2 N–H and O–H groups in total. The molecule has 3 rings (SSSR count). The summed E-state index contributed by atoms with van der Waals surface area (Å²) in [6, 6.07) is 14.3. The Kier molecular flexibility index (Phi) is 2.67. The first-order chi connectivity index (χ1) is 9.13. The highest BCUT2D eigenvalue weighted by molar-refractivity contribution is 5.81. The summed E-state index contributed by atoms with van der Waals surface area (Å²) < 4.78 is 13.2. The second-order valence-corrected chi connectivity index (χ2v) is 4.60. The van der Waals surface area contributed by atoms with Crippen LogP contribution in [0.3, 0.4) is 0 Å². The molecule has 0 radical (unpaired) electrons. The first-order valence-corrected chi connectivity index (χ1v) is 6.06. The molecule has 94 valence electrons. The van der Waals surface area contributed by atoms with E-state index in [4.69, 9.17) is 5.73 Å². The molecule has 3 heteroatoms. The number of aromatic nitrogens is 1. The number of hydrogen-bond donors (Lipinski definition) is 1. The zero-order chi connectivity index (χ0) is 13.4. The second kappa shape index (κ2) is 4.35. The lowest BCUT2D eigenvalue weighted by molar-refractivity contribution is 0.629. The Morgan fingerprint density at radius 1 is 1.00 bits per heavy atom. The summed E-state index contributed by atoms with van der Waals surface area (Å²) in [5, 5.41) is 0.928. The van der Waals surface area contributed by atoms with Crippen molar-refractivity contribution >= 4 is 16.6 Å². The van der Waals surface area contributed by atoms with Gasteiger partial charge in [-0.3, -0.25) is 0 Å². The number of halogens is 1. The minimum atomic E-state index is -0.273. The van der Waals surface area contributed by atoms with Gasteiger partial charge in [0.2, 0.25) is 0 Å². The lowest BCUT2D eigenvalue weighted by Crippen LogP contribution is -1.91. The second-order valence-electron chi connectivity index (χ2n) is 4.60. The molecular weight excluding hydrogens is 239 g/mol. The van der Waals surface area contributed by atoms with Crippen LogP contribution < -0.4 is 5.73 Å². The number of rotatable bonds is 1. The smallest absolute Gasteiger partial charge is 0.125 e. The Bertz CT molecular complexity index is 766. The standard InChI is InChI=1S/C16H13FN2/c1-10-8-12(3-6-14(10)18)15-7-4-11-2-5-13(17)9-16(11)19-15/h2-9H,18H2,1H3. The molecule has 0 amide bonds. The van der Waals surface area contributed by atoms with Crippen LogP contribution in [-0.2, 0) is 0 Å². The number of anilines is 1. The molecule has 0 saturated carbocycles. The average molecular weight is 252 g/mol. The van der Waals surface area contributed by atoms with E-state index in [0.29, 0.717) is 5.52 Å². The molecule has 0 aliphatic heterocycles. The van der Waals surface area contributed by atoms with Gasteiger partial charge in [0.05, 0.1) is 11.2 Å². The van der Waals surface area contributed by atoms with Gasteiger partial charge in [-0.1, -0.05) is 12.1 Å². The van der Waals surface area contributed by atoms with E-state index in [-0.39, 0.29) is 5.82 Å². The summed E-state index contributed by atoms with van der Waals surface area (Å²) in [6.45, 7) is 1.96. The first kappa shape index (κ1) is 11.7. The fraction of sp³-hybridized carbons (Fsp3) is 0.0625. The van der Waals surface area contributed by atoms with Crippen molar-refractivity contribution in [2.24, 2.45) is 0 Å². The van der Waals surface area contributed by atoms with Gasteiger partial charge in [0.1, 0.15) is 5.82 Å². The van der Waals surface area contributed by atoms with Crippen molar-refractivity contribution in [1.82, 2.24) is 4.98 Å². The van der Waals surface area contributed by atoms with Crippen LogP contribution in [0.1, 0.15) is 5.56 Å². The van der Waals surface area contributed by atoms with Crippen LogP contribution >= 0.6 is 0 Å². The number of hydrogen-bond acceptors (Lipinski definition) is 2. The predicted molar refractivity (Wildman–Crippen MR) is 76.3 cm³/mol. The molecule has 0 unspecified atom stereocenters. The van der Waals surface area contributed by atoms with Gasteiger partial charge >= 0.3 is 0 Å². The molecule has 2 aromatic carbocycles. The van der Waals surface area contributed by atoms with Crippen LogP contribution in [0, 0.1) is 12.7 Å². The zero-order valence-electron chi connectivity index (χ0n) is 10.5. The molecule has 2 nitrogen and oxygen atoms in total. The minimum absolute atomic E-state index is 0.273. The first-order valence-electron chi connectivity index (χ1n) is 6.06. The van der Waals surface area contributed by atoms with Crippen LogP contribution in [0.4, 0.5) is 10.1 Å². The van der Waals surface area contributed by atoms with Gasteiger partial charge in [0.15, 0.2) is 0 Å². The normalized spacial score (nSPS) is 10.8. The molecule has 1 aromatic heterocycles. The van der Waals surface area contributed by atoms with Crippen molar-refractivity contribution in [3.8, 4) is 11.3 Å². The molecular formula is C16H13FN2. The molecule has 0 saturated heterocycles. The lowest BCUT2D eigenvalue weighted by Gasteiger charge is -2.06. The van der Waals surface area contributed by atoms with Gasteiger partial charge in [-0.2, -0.15) is 0 Å². The SMILES string of the molecule is Cc1cc(-c2ccc3ccc(F)cc3n2)ccc1N. The van der Waals surface area contributed by atoms with Crippen molar-refractivity contribution in [1.29, 1.82) is 0 Å². The fourth-order valence-electron chi connectivity index (χ4n) is 2.09. The third-order valence-electron chi connectivity index (χ3n) is 3.22. The third kappa shape index (κ3) is 2.15. The number of nitrogens with zero attached hydrogens (tertiary/aromatic N) is 1. The Morgan fingerprint density at radius 3 is 2.58 bits per heavy atom. The predicted octanol–water partition coefficient (Wildman–Crippen LogP) is 3.93. The van der Waals surface area contributed by atoms with Gasteiger partial charge in [0, 0.05) is 22.7 Å². The molecule has 0 fully saturated rings. The van der Waals surface area contributed by atoms with Crippen molar-refractivity contribution < 1.29 is 4.39 Å². The van der Waals surface area contributed by atoms with Crippen molar-refractivity contribution in [3.05, 3.63) is 59.9 Å². The van der Waals surface area contributed by atoms with Crippen LogP contribution in [0.15, 0.2) is 48.5 Å². The Balaban J connectivity index is 2.16. The van der Waals surface area contributed by atoms with E-state index >= 15 is 0 Å². The number of nitrogen functional groups attached to an aromatic ring is 1. The van der Waals surface area contributed by atoms with Crippen LogP contribution in [0.25, 0.3) is 22.2 Å². The summed E-state index contributed by atoms with van der Waals surface area (Å²) in [5.41, 5.74) is 10.0. The summed E-state index contributed by atoms with van der Waals surface area (Å²) in [6.07, 6.45) is 0. The van der Waals surface area contributed by atoms with Crippen LogP contribution in [-0.4, -0.2) is 4.98 Å². The maximum Gasteiger partial charge on any atom is 0.125 e. The van der Waals surface area contributed by atoms with Gasteiger partial charge in [-0.15, -0.1) is 0 Å². The molecule has 19 heavy (non-hydrogen) atoms. The molecule has 0 atom stereocenters. The molecule has 0 aliphatic carbocycles. The summed E-state index contributed by atoms with van der Waals surface area (Å²) in [4.78, 5) is 4.50. The largest absolute Gasteiger partial charge is 0.399 e. The van der Waals surface area contributed by atoms with Crippen molar-refractivity contribution in [2.75, 3.05) is 5.73 Å². The van der Waals surface area contributed by atoms with E-state index in [1.54, 1.807) is 6.07 Å². The third-order valence-corrected chi connectivity index (χ3v) is 3.22. The quantitative estimate of drug-likeness (QED) is 0.666. The Labute approximate surface area is 110 Å². The Morgan fingerprint density at radius 2 is 1.79 bits per heavy atom. The van der Waals surface area contributed by atoms with E-state index in [1.165, 1.54) is 12.1 Å². The van der Waals surface area contributed by atoms with E-state index in [9.17, 15) is 4.39 Å². The maximum atomic E-state index is 13.2. The minimum Gasteiger partial charge on any atom is -0.399 e. The van der Waals surface area contributed by atoms with Crippen LogP contribution in [0.5, 0.6) is 0 Å². The van der Waals surface area contributed by atoms with Gasteiger partial charge < -0.3 is 5.73 Å². The van der Waals surface area contributed by atoms with Gasteiger partial charge in [-0.05, 0) is 42.8 Å². The van der Waals surface area contributed by atoms with Gasteiger partial charge in [0.25, 0.3) is 0 Å². The molecule has 0 spiro atoms. The van der Waals surface area contributed by atoms with E-state index in [2.05, 4.69) is 4.98 Å². The number of pyridine rings is 1. The van der Waals surface area contributed by atoms with Crippen molar-refractivity contribution in [3.63, 3.8) is 0 Å². The molecule has 0 aliphatic rings. The number of nitrogens with two attached hydrogens (primary N) is 1. The monoisotopic (exact) mass is 252 g/mol. The number of benzene rings is 2. The van der Waals surface area contributed by atoms with Gasteiger partial charge in [-0.25, -0.2) is 9.37 Å². The highest BCUT2D eigenvalue weighted by atomic mass is 19.1. The molecule has 3 aromatic rings. The van der Waals surface area contributed by atoms with Crippen LogP contribution in [0.2, 0.25) is 0 Å². The highest BCUT2D eigenvalue weighted by Gasteiger charge is 2.04. The zero-order valence-corrected chi connectivity index (χ0v) is 10.5. The van der Waals surface area contributed by atoms with E-state index in [0.717, 1.165) is 27.9 Å². The summed E-state index contributed by atoms with van der Waals surface area (Å²) in [7, 11) is 0. The maximum absolute atomic E-state index is 13.2. The highest BCUT2D eigenvalue weighted by Crippen LogP contribution is 2.24. The molecule has 0 bridgehead atoms. The van der Waals surface area contributed by atoms with E-state index < -0.39 is 0 Å². The molecule has 1 heterocycles. The Hall–Kier alpha value is -2.42. The summed E-state index contributed by atoms with van der Waals surface area (Å²) >= 11 is 0. The number of fused-ring (bicyclic) bond motifs is 1. The summed E-state index contributed by atoms with van der Waals surface area (Å²) in [5.74, 6) is -0.273. The van der Waals surface area contributed by atoms with Crippen molar-refractivity contribution in [2.45, 2.75) is 6.92 Å². The van der Waals surface area contributed by atoms with E-state index in [1.807, 2.05) is 37.3 Å².